The number of amides is 1. The molecule has 0 saturated heterocycles. The van der Waals surface area contributed by atoms with E-state index in [0.717, 1.165) is 16.8 Å². The van der Waals surface area contributed by atoms with Gasteiger partial charge in [0.25, 0.3) is 11.5 Å². The van der Waals surface area contributed by atoms with Crippen LogP contribution in [0, 0.1) is 11.6 Å². The van der Waals surface area contributed by atoms with Gasteiger partial charge in [0.15, 0.2) is 11.6 Å². The highest BCUT2D eigenvalue weighted by atomic mass is 19.1. The first kappa shape index (κ1) is 18.4. The van der Waals surface area contributed by atoms with Gasteiger partial charge in [0.2, 0.25) is 0 Å². The molecule has 29 heavy (non-hydrogen) atoms. The number of anilines is 2. The van der Waals surface area contributed by atoms with Crippen LogP contribution < -0.4 is 16.6 Å². The van der Waals surface area contributed by atoms with E-state index in [4.69, 9.17) is 5.73 Å². The van der Waals surface area contributed by atoms with E-state index in [2.05, 4.69) is 10.4 Å². The fraction of sp³-hybridized carbons (Fsp3) is 0.0500. The molecule has 1 amide bonds. The Hall–Kier alpha value is -4.01. The molecule has 0 atom stereocenters. The number of halogens is 2. The van der Waals surface area contributed by atoms with Gasteiger partial charge in [-0.2, -0.15) is 5.10 Å². The smallest absolute Gasteiger partial charge is 0.254 e. The highest BCUT2D eigenvalue weighted by Crippen LogP contribution is 2.29. The summed E-state index contributed by atoms with van der Waals surface area (Å²) in [7, 11) is 1.47. The standard InChI is InChI=1S/C20H15F2N5O2/c1-26-17(28)9-16(25-15-8-3-2-5-11(15)19(23)29)12-10-24-27(20(12)26)18-13(21)6-4-7-14(18)22/h2-10,25H,1H3,(H2,23,29). The molecule has 0 unspecified atom stereocenters. The zero-order valence-corrected chi connectivity index (χ0v) is 15.2. The molecule has 0 aliphatic heterocycles. The minimum atomic E-state index is -0.820. The monoisotopic (exact) mass is 395 g/mol. The lowest BCUT2D eigenvalue weighted by Gasteiger charge is -2.13. The summed E-state index contributed by atoms with van der Waals surface area (Å²) in [5.74, 6) is -2.28. The first-order valence-electron chi connectivity index (χ1n) is 8.56. The summed E-state index contributed by atoms with van der Waals surface area (Å²) in [5.41, 5.74) is 5.69. The number of nitrogens with zero attached hydrogens (tertiary/aromatic N) is 3. The molecular formula is C20H15F2N5O2. The van der Waals surface area contributed by atoms with E-state index in [0.29, 0.717) is 16.8 Å². The molecule has 0 aliphatic carbocycles. The molecule has 3 N–H and O–H groups in total. The molecule has 2 aromatic carbocycles. The lowest BCUT2D eigenvalue weighted by molar-refractivity contribution is 0.100. The van der Waals surface area contributed by atoms with Gasteiger partial charge in [-0.3, -0.25) is 14.2 Å². The molecule has 146 valence electrons. The number of rotatable bonds is 4. The third-order valence-electron chi connectivity index (χ3n) is 4.56. The fourth-order valence-corrected chi connectivity index (χ4v) is 3.17. The van der Waals surface area contributed by atoms with E-state index in [1.807, 2.05) is 0 Å². The summed E-state index contributed by atoms with van der Waals surface area (Å²) >= 11 is 0. The SMILES string of the molecule is Cn1c(=O)cc(Nc2ccccc2C(N)=O)c2cnn(-c3c(F)cccc3F)c21. The number of nitrogens with two attached hydrogens (primary N) is 1. The van der Waals surface area contributed by atoms with Crippen molar-refractivity contribution in [1.29, 1.82) is 0 Å². The number of benzene rings is 2. The van der Waals surface area contributed by atoms with Gasteiger partial charge in [-0.05, 0) is 24.3 Å². The van der Waals surface area contributed by atoms with Gasteiger partial charge in [-0.1, -0.05) is 18.2 Å². The van der Waals surface area contributed by atoms with E-state index in [9.17, 15) is 18.4 Å². The van der Waals surface area contributed by atoms with Crippen molar-refractivity contribution >= 4 is 28.3 Å². The van der Waals surface area contributed by atoms with Crippen LogP contribution >= 0.6 is 0 Å². The van der Waals surface area contributed by atoms with Crippen LogP contribution in [0.4, 0.5) is 20.2 Å². The average Bonchev–Trinajstić information content (AvgIpc) is 3.11. The molecule has 0 fully saturated rings. The summed E-state index contributed by atoms with van der Waals surface area (Å²) in [6.07, 6.45) is 1.38. The molecule has 0 aliphatic rings. The van der Waals surface area contributed by atoms with Crippen molar-refractivity contribution in [2.24, 2.45) is 12.8 Å². The number of fused-ring (bicyclic) bond motifs is 1. The van der Waals surface area contributed by atoms with Crippen LogP contribution in [0.25, 0.3) is 16.7 Å². The fourth-order valence-electron chi connectivity index (χ4n) is 3.17. The normalized spacial score (nSPS) is 11.0. The Kier molecular flexibility index (Phi) is 4.34. The van der Waals surface area contributed by atoms with Crippen molar-refractivity contribution in [3.05, 3.63) is 82.3 Å². The van der Waals surface area contributed by atoms with Gasteiger partial charge in [-0.15, -0.1) is 0 Å². The average molecular weight is 395 g/mol. The van der Waals surface area contributed by atoms with Crippen LogP contribution in [0.1, 0.15) is 10.4 Å². The first-order valence-corrected chi connectivity index (χ1v) is 8.56. The Bertz CT molecular complexity index is 1310. The summed E-state index contributed by atoms with van der Waals surface area (Å²) in [6.45, 7) is 0. The molecule has 9 heteroatoms. The second-order valence-electron chi connectivity index (χ2n) is 6.35. The topological polar surface area (TPSA) is 94.9 Å². The van der Waals surface area contributed by atoms with Crippen LogP contribution in [0.2, 0.25) is 0 Å². The third-order valence-corrected chi connectivity index (χ3v) is 4.56. The van der Waals surface area contributed by atoms with E-state index < -0.39 is 28.8 Å². The highest BCUT2D eigenvalue weighted by molar-refractivity contribution is 6.01. The molecule has 0 bridgehead atoms. The highest BCUT2D eigenvalue weighted by Gasteiger charge is 2.19. The van der Waals surface area contributed by atoms with Crippen LogP contribution in [-0.2, 0) is 7.05 Å². The third kappa shape index (κ3) is 3.02. The van der Waals surface area contributed by atoms with Gasteiger partial charge >= 0.3 is 0 Å². The van der Waals surface area contributed by atoms with Gasteiger partial charge in [0, 0.05) is 13.1 Å². The predicted molar refractivity (Wildman–Crippen MR) is 104 cm³/mol. The van der Waals surface area contributed by atoms with Crippen LogP contribution in [0.15, 0.2) is 59.5 Å². The van der Waals surface area contributed by atoms with Crippen LogP contribution in [0.3, 0.4) is 0 Å². The molecule has 4 aromatic rings. The molecule has 7 nitrogen and oxygen atoms in total. The minimum absolute atomic E-state index is 0.181. The first-order chi connectivity index (χ1) is 13.9. The van der Waals surface area contributed by atoms with Gasteiger partial charge in [0.1, 0.15) is 11.3 Å². The van der Waals surface area contributed by atoms with E-state index in [1.54, 1.807) is 24.3 Å². The number of hydrogen-bond acceptors (Lipinski definition) is 4. The number of pyridine rings is 1. The second-order valence-corrected chi connectivity index (χ2v) is 6.35. The number of aryl methyl sites for hydroxylation is 1. The number of primary amides is 1. The number of carbonyl (C=O) groups is 1. The van der Waals surface area contributed by atoms with Crippen molar-refractivity contribution in [1.82, 2.24) is 14.3 Å². The number of hydrogen-bond donors (Lipinski definition) is 2. The van der Waals surface area contributed by atoms with Gasteiger partial charge < -0.3 is 11.1 Å². The molecule has 4 rings (SSSR count). The van der Waals surface area contributed by atoms with Gasteiger partial charge in [-0.25, -0.2) is 13.5 Å². The maximum atomic E-state index is 14.3. The molecule has 0 saturated carbocycles. The Balaban J connectivity index is 1.96. The Morgan fingerprint density at radius 3 is 2.45 bits per heavy atom. The van der Waals surface area contributed by atoms with Crippen molar-refractivity contribution in [3.8, 4) is 5.69 Å². The van der Waals surface area contributed by atoms with Crippen molar-refractivity contribution in [3.63, 3.8) is 0 Å². The lowest BCUT2D eigenvalue weighted by atomic mass is 10.1. The number of carbonyl (C=O) groups excluding carboxylic acids is 1. The van der Waals surface area contributed by atoms with Crippen LogP contribution in [0.5, 0.6) is 0 Å². The predicted octanol–water partition coefficient (Wildman–Crippen LogP) is 2.84. The van der Waals surface area contributed by atoms with E-state index >= 15 is 0 Å². The summed E-state index contributed by atoms with van der Waals surface area (Å²) in [5, 5.41) is 7.52. The van der Waals surface area contributed by atoms with Crippen LogP contribution in [-0.4, -0.2) is 20.3 Å². The number of aromatic nitrogens is 3. The summed E-state index contributed by atoms with van der Waals surface area (Å²) < 4.78 is 30.9. The zero-order valence-electron chi connectivity index (χ0n) is 15.2. The Morgan fingerprint density at radius 2 is 1.76 bits per heavy atom. The molecule has 0 radical (unpaired) electrons. The Morgan fingerprint density at radius 1 is 1.07 bits per heavy atom. The van der Waals surface area contributed by atoms with Gasteiger partial charge in [0.05, 0.1) is 28.5 Å². The minimum Gasteiger partial charge on any atom is -0.366 e. The molecule has 0 spiro atoms. The maximum Gasteiger partial charge on any atom is 0.254 e. The molecule has 2 aromatic heterocycles. The number of nitrogens with one attached hydrogen (secondary N) is 1. The second kappa shape index (κ2) is 6.86. The van der Waals surface area contributed by atoms with E-state index in [-0.39, 0.29) is 11.2 Å². The summed E-state index contributed by atoms with van der Waals surface area (Å²) in [6, 6.07) is 11.3. The number of para-hydroxylation sites is 2. The Labute approximate surface area is 163 Å². The van der Waals surface area contributed by atoms with Crippen molar-refractivity contribution in [2.45, 2.75) is 0 Å². The van der Waals surface area contributed by atoms with Crippen molar-refractivity contribution < 1.29 is 13.6 Å². The summed E-state index contributed by atoms with van der Waals surface area (Å²) in [4.78, 5) is 24.2. The molecule has 2 heterocycles. The van der Waals surface area contributed by atoms with E-state index in [1.165, 1.54) is 29.9 Å². The lowest BCUT2D eigenvalue weighted by Crippen LogP contribution is -2.20. The van der Waals surface area contributed by atoms with Crippen molar-refractivity contribution in [2.75, 3.05) is 5.32 Å². The quantitative estimate of drug-likeness (QED) is 0.556. The molecular weight excluding hydrogens is 380 g/mol. The largest absolute Gasteiger partial charge is 0.366 e. The zero-order chi connectivity index (χ0) is 20.7. The maximum absolute atomic E-state index is 14.3.